The molecule has 0 aliphatic rings. The summed E-state index contributed by atoms with van der Waals surface area (Å²) in [5.74, 6) is 6.91. The van der Waals surface area contributed by atoms with Crippen LogP contribution in [0.3, 0.4) is 0 Å². The van der Waals surface area contributed by atoms with Crippen LogP contribution in [-0.4, -0.2) is 38.4 Å². The largest absolute Gasteiger partial charge is 0.347 e. The number of aromatic nitrogens is 5. The summed E-state index contributed by atoms with van der Waals surface area (Å²) in [7, 11) is 3.69. The molecule has 0 radical (unpaired) electrons. The highest BCUT2D eigenvalue weighted by Crippen LogP contribution is 2.27. The predicted molar refractivity (Wildman–Crippen MR) is 70.7 cm³/mol. The average Bonchev–Trinajstić information content (AvgIpc) is 2.74. The van der Waals surface area contributed by atoms with E-state index in [2.05, 4.69) is 29.7 Å². The molecule has 0 aliphatic heterocycles. The van der Waals surface area contributed by atoms with Gasteiger partial charge in [0, 0.05) is 14.1 Å². The Morgan fingerprint density at radius 2 is 2.00 bits per heavy atom. The standard InChI is InChI=1S/C8H12N8S2/c1-4-10-8(18-15-4)17-7-12-5(14-9)11-6(13-7)16(2)3/h9H2,1-3H3,(H,11,12,13,14). The molecular weight excluding hydrogens is 272 g/mol. The summed E-state index contributed by atoms with van der Waals surface area (Å²) in [4.78, 5) is 18.6. The first kappa shape index (κ1) is 12.9. The molecule has 0 spiro atoms. The Labute approximate surface area is 112 Å². The second-order valence-electron chi connectivity index (χ2n) is 3.49. The summed E-state index contributed by atoms with van der Waals surface area (Å²) < 4.78 is 4.88. The molecule has 0 atom stereocenters. The molecule has 0 aromatic carbocycles. The van der Waals surface area contributed by atoms with Gasteiger partial charge in [-0.2, -0.15) is 19.3 Å². The lowest BCUT2D eigenvalue weighted by Crippen LogP contribution is -2.17. The Kier molecular flexibility index (Phi) is 3.89. The lowest BCUT2D eigenvalue weighted by atomic mass is 10.8. The number of hydrogen-bond acceptors (Lipinski definition) is 10. The van der Waals surface area contributed by atoms with Gasteiger partial charge in [0.05, 0.1) is 0 Å². The number of nitrogens with zero attached hydrogens (tertiary/aromatic N) is 6. The van der Waals surface area contributed by atoms with Crippen LogP contribution in [-0.2, 0) is 0 Å². The van der Waals surface area contributed by atoms with E-state index < -0.39 is 0 Å². The van der Waals surface area contributed by atoms with Crippen molar-refractivity contribution in [1.82, 2.24) is 24.3 Å². The molecule has 2 aromatic heterocycles. The summed E-state index contributed by atoms with van der Waals surface area (Å²) in [5, 5.41) is 0.526. The van der Waals surface area contributed by atoms with Crippen molar-refractivity contribution in [2.24, 2.45) is 5.84 Å². The summed E-state index contributed by atoms with van der Waals surface area (Å²) in [6.07, 6.45) is 0. The molecule has 96 valence electrons. The van der Waals surface area contributed by atoms with E-state index >= 15 is 0 Å². The number of nitrogens with one attached hydrogen (secondary N) is 1. The lowest BCUT2D eigenvalue weighted by Gasteiger charge is -2.11. The molecule has 0 fully saturated rings. The maximum absolute atomic E-state index is 5.33. The summed E-state index contributed by atoms with van der Waals surface area (Å²) in [6, 6.07) is 0. The van der Waals surface area contributed by atoms with Gasteiger partial charge in [-0.1, -0.05) is 0 Å². The van der Waals surface area contributed by atoms with Crippen molar-refractivity contribution >= 4 is 35.2 Å². The van der Waals surface area contributed by atoms with E-state index in [1.165, 1.54) is 23.3 Å². The fraction of sp³-hybridized carbons (Fsp3) is 0.375. The SMILES string of the molecule is Cc1nsc(Sc2nc(NN)nc(N(C)C)n2)n1. The molecule has 0 aliphatic carbocycles. The van der Waals surface area contributed by atoms with Crippen LogP contribution in [0, 0.1) is 6.92 Å². The zero-order valence-electron chi connectivity index (χ0n) is 10.1. The zero-order chi connectivity index (χ0) is 13.1. The third-order valence-electron chi connectivity index (χ3n) is 1.82. The van der Waals surface area contributed by atoms with Gasteiger partial charge in [0.1, 0.15) is 5.82 Å². The van der Waals surface area contributed by atoms with Gasteiger partial charge in [-0.25, -0.2) is 10.8 Å². The normalized spacial score (nSPS) is 10.4. The Hall–Kier alpha value is -1.52. The van der Waals surface area contributed by atoms with Crippen molar-refractivity contribution in [2.45, 2.75) is 16.4 Å². The molecule has 0 amide bonds. The number of hydrogen-bond donors (Lipinski definition) is 2. The van der Waals surface area contributed by atoms with Crippen molar-refractivity contribution < 1.29 is 0 Å². The molecule has 0 unspecified atom stereocenters. The number of aryl methyl sites for hydroxylation is 1. The first-order valence-electron chi connectivity index (χ1n) is 4.96. The third kappa shape index (κ3) is 3.03. The number of nitrogens with two attached hydrogens (primary N) is 1. The fourth-order valence-corrected chi connectivity index (χ4v) is 2.56. The van der Waals surface area contributed by atoms with Crippen LogP contribution in [0.25, 0.3) is 0 Å². The first-order chi connectivity index (χ1) is 8.58. The number of hydrazine groups is 1. The van der Waals surface area contributed by atoms with Crippen molar-refractivity contribution in [3.8, 4) is 0 Å². The van der Waals surface area contributed by atoms with Crippen LogP contribution >= 0.6 is 23.3 Å². The maximum atomic E-state index is 5.33. The molecule has 0 saturated carbocycles. The van der Waals surface area contributed by atoms with Crippen LogP contribution in [0.15, 0.2) is 9.50 Å². The smallest absolute Gasteiger partial charge is 0.242 e. The van der Waals surface area contributed by atoms with E-state index in [-0.39, 0.29) is 0 Å². The lowest BCUT2D eigenvalue weighted by molar-refractivity contribution is 0.865. The molecule has 8 nitrogen and oxygen atoms in total. The van der Waals surface area contributed by atoms with E-state index in [0.29, 0.717) is 17.1 Å². The first-order valence-corrected chi connectivity index (χ1v) is 6.55. The minimum atomic E-state index is 0.317. The highest BCUT2D eigenvalue weighted by molar-refractivity contribution is 8.00. The number of nitrogen functional groups attached to an aromatic ring is 1. The van der Waals surface area contributed by atoms with E-state index in [9.17, 15) is 0 Å². The molecule has 18 heavy (non-hydrogen) atoms. The Morgan fingerprint density at radius 1 is 1.22 bits per heavy atom. The second kappa shape index (κ2) is 5.42. The topological polar surface area (TPSA) is 106 Å². The van der Waals surface area contributed by atoms with Crippen LogP contribution in [0.5, 0.6) is 0 Å². The summed E-state index contributed by atoms with van der Waals surface area (Å²) in [6.45, 7) is 1.84. The quantitative estimate of drug-likeness (QED) is 0.614. The molecule has 2 rings (SSSR count). The molecule has 3 N–H and O–H groups in total. The second-order valence-corrected chi connectivity index (χ2v) is 5.46. The minimum Gasteiger partial charge on any atom is -0.347 e. The summed E-state index contributed by atoms with van der Waals surface area (Å²) >= 11 is 2.64. The molecule has 0 saturated heterocycles. The Balaban J connectivity index is 2.29. The van der Waals surface area contributed by atoms with Crippen LogP contribution in [0.2, 0.25) is 0 Å². The van der Waals surface area contributed by atoms with Crippen LogP contribution in [0.4, 0.5) is 11.9 Å². The highest BCUT2D eigenvalue weighted by Gasteiger charge is 2.11. The summed E-state index contributed by atoms with van der Waals surface area (Å²) in [5.41, 5.74) is 2.42. The van der Waals surface area contributed by atoms with Gasteiger partial charge in [0.2, 0.25) is 17.1 Å². The average molecular weight is 284 g/mol. The molecule has 10 heteroatoms. The molecule has 0 bridgehead atoms. The monoisotopic (exact) mass is 284 g/mol. The number of anilines is 2. The van der Waals surface area contributed by atoms with Crippen molar-refractivity contribution in [1.29, 1.82) is 0 Å². The van der Waals surface area contributed by atoms with Gasteiger partial charge in [-0.15, -0.1) is 0 Å². The maximum Gasteiger partial charge on any atom is 0.242 e. The molecule has 2 aromatic rings. The number of rotatable bonds is 4. The van der Waals surface area contributed by atoms with Crippen molar-refractivity contribution in [3.63, 3.8) is 0 Å². The predicted octanol–water partition coefficient (Wildman–Crippen LogP) is 0.534. The van der Waals surface area contributed by atoms with Crippen LogP contribution in [0.1, 0.15) is 5.82 Å². The Bertz CT molecular complexity index is 540. The third-order valence-corrected chi connectivity index (χ3v) is 3.53. The molecular formula is C8H12N8S2. The van der Waals surface area contributed by atoms with Gasteiger partial charge in [-0.05, 0) is 30.2 Å². The van der Waals surface area contributed by atoms with Gasteiger partial charge < -0.3 is 4.90 Å². The van der Waals surface area contributed by atoms with Gasteiger partial charge >= 0.3 is 0 Å². The van der Waals surface area contributed by atoms with E-state index in [4.69, 9.17) is 5.84 Å². The van der Waals surface area contributed by atoms with E-state index in [0.717, 1.165) is 10.2 Å². The zero-order valence-corrected chi connectivity index (χ0v) is 11.7. The molecule has 2 heterocycles. The Morgan fingerprint density at radius 3 is 2.56 bits per heavy atom. The van der Waals surface area contributed by atoms with Crippen molar-refractivity contribution in [3.05, 3.63) is 5.82 Å². The van der Waals surface area contributed by atoms with E-state index in [1.54, 1.807) is 4.90 Å². The minimum absolute atomic E-state index is 0.317. The highest BCUT2D eigenvalue weighted by atomic mass is 32.2. The van der Waals surface area contributed by atoms with Gasteiger partial charge in [0.25, 0.3) is 0 Å². The fourth-order valence-electron chi connectivity index (χ4n) is 1.05. The van der Waals surface area contributed by atoms with E-state index in [1.807, 2.05) is 21.0 Å². The van der Waals surface area contributed by atoms with Gasteiger partial charge in [-0.3, -0.25) is 5.43 Å². The van der Waals surface area contributed by atoms with Gasteiger partial charge in [0.15, 0.2) is 4.34 Å². The van der Waals surface area contributed by atoms with Crippen LogP contribution < -0.4 is 16.2 Å². The van der Waals surface area contributed by atoms with Crippen molar-refractivity contribution in [2.75, 3.05) is 24.4 Å².